The Bertz CT molecular complexity index is 350. The monoisotopic (exact) mass is 287 g/mol. The minimum Gasteiger partial charge on any atom is -0.396 e. The average molecular weight is 288 g/mol. The molecule has 16 heavy (non-hydrogen) atoms. The van der Waals surface area contributed by atoms with E-state index in [4.69, 9.17) is 5.11 Å². The maximum Gasteiger partial charge on any atom is 0.137 e. The first-order valence-electron chi connectivity index (χ1n) is 5.33. The molecule has 5 heteroatoms. The first-order chi connectivity index (χ1) is 7.43. The molecule has 90 valence electrons. The number of rotatable bonds is 4. The Balaban J connectivity index is 2.82. The molecule has 0 spiro atoms. The zero-order valence-corrected chi connectivity index (χ0v) is 11.5. The predicted octanol–water partition coefficient (Wildman–Crippen LogP) is 2.33. The van der Waals surface area contributed by atoms with Gasteiger partial charge in [-0.1, -0.05) is 20.8 Å². The van der Waals surface area contributed by atoms with Crippen molar-refractivity contribution in [1.29, 1.82) is 0 Å². The predicted molar refractivity (Wildman–Crippen MR) is 68.6 cm³/mol. The van der Waals surface area contributed by atoms with Crippen LogP contribution in [0.5, 0.6) is 0 Å². The van der Waals surface area contributed by atoms with Crippen LogP contribution in [0, 0.1) is 0 Å². The molecule has 4 nitrogen and oxygen atoms in total. The molecule has 1 rings (SSSR count). The summed E-state index contributed by atoms with van der Waals surface area (Å²) in [5, 5.41) is 11.9. The van der Waals surface area contributed by atoms with Crippen LogP contribution < -0.4 is 5.32 Å². The van der Waals surface area contributed by atoms with Crippen molar-refractivity contribution in [3.63, 3.8) is 0 Å². The number of halogens is 1. The molecule has 1 aromatic rings. The van der Waals surface area contributed by atoms with Crippen LogP contribution in [-0.2, 0) is 5.41 Å². The lowest BCUT2D eigenvalue weighted by Crippen LogP contribution is -2.17. The summed E-state index contributed by atoms with van der Waals surface area (Å²) in [6, 6.07) is 1.84. The first kappa shape index (κ1) is 13.4. The summed E-state index contributed by atoms with van der Waals surface area (Å²) < 4.78 is 0.777. The van der Waals surface area contributed by atoms with Crippen LogP contribution in [0.15, 0.2) is 10.7 Å². The van der Waals surface area contributed by atoms with Crippen LogP contribution in [0.2, 0.25) is 0 Å². The van der Waals surface area contributed by atoms with Crippen molar-refractivity contribution in [2.24, 2.45) is 0 Å². The highest BCUT2D eigenvalue weighted by atomic mass is 79.9. The van der Waals surface area contributed by atoms with Crippen molar-refractivity contribution < 1.29 is 5.11 Å². The molecule has 0 bridgehead atoms. The van der Waals surface area contributed by atoms with Gasteiger partial charge in [-0.2, -0.15) is 0 Å². The van der Waals surface area contributed by atoms with E-state index >= 15 is 0 Å². The highest BCUT2D eigenvalue weighted by Crippen LogP contribution is 2.22. The van der Waals surface area contributed by atoms with Crippen molar-refractivity contribution in [3.8, 4) is 0 Å². The molecule has 0 amide bonds. The number of hydrogen-bond acceptors (Lipinski definition) is 4. The molecule has 0 saturated carbocycles. The van der Waals surface area contributed by atoms with Crippen molar-refractivity contribution >= 4 is 21.7 Å². The molecular weight excluding hydrogens is 270 g/mol. The Morgan fingerprint density at radius 1 is 1.38 bits per heavy atom. The molecule has 0 aromatic carbocycles. The van der Waals surface area contributed by atoms with Crippen molar-refractivity contribution in [2.45, 2.75) is 32.6 Å². The molecule has 0 saturated heterocycles. The van der Waals surface area contributed by atoms with Gasteiger partial charge in [-0.3, -0.25) is 0 Å². The molecule has 0 aliphatic carbocycles. The van der Waals surface area contributed by atoms with Crippen LogP contribution in [0.4, 0.5) is 5.82 Å². The quantitative estimate of drug-likeness (QED) is 0.659. The van der Waals surface area contributed by atoms with Crippen molar-refractivity contribution in [3.05, 3.63) is 16.5 Å². The highest BCUT2D eigenvalue weighted by Gasteiger charge is 2.18. The Kier molecular flexibility index (Phi) is 4.68. The minimum absolute atomic E-state index is 0.0722. The van der Waals surface area contributed by atoms with Gasteiger partial charge in [-0.25, -0.2) is 9.97 Å². The standard InChI is InChI=1S/C11H18BrN3O/c1-11(2,3)10-14-8(12)7-9(15-10)13-5-4-6-16/h7,16H,4-6H2,1-3H3,(H,13,14,15). The van der Waals surface area contributed by atoms with E-state index in [1.807, 2.05) is 6.07 Å². The van der Waals surface area contributed by atoms with E-state index in [9.17, 15) is 0 Å². The van der Waals surface area contributed by atoms with E-state index in [-0.39, 0.29) is 12.0 Å². The van der Waals surface area contributed by atoms with E-state index in [2.05, 4.69) is 52.0 Å². The van der Waals surface area contributed by atoms with Gasteiger partial charge in [-0.05, 0) is 22.4 Å². The van der Waals surface area contributed by atoms with Crippen LogP contribution in [-0.4, -0.2) is 28.2 Å². The minimum atomic E-state index is -0.0722. The fourth-order valence-electron chi connectivity index (χ4n) is 1.14. The molecule has 1 aromatic heterocycles. The molecule has 0 atom stereocenters. The smallest absolute Gasteiger partial charge is 0.137 e. The largest absolute Gasteiger partial charge is 0.396 e. The van der Waals surface area contributed by atoms with Crippen molar-refractivity contribution in [1.82, 2.24) is 9.97 Å². The number of aromatic nitrogens is 2. The summed E-state index contributed by atoms with van der Waals surface area (Å²) >= 11 is 3.37. The average Bonchev–Trinajstić information content (AvgIpc) is 2.16. The zero-order valence-electron chi connectivity index (χ0n) is 9.92. The Morgan fingerprint density at radius 2 is 2.06 bits per heavy atom. The summed E-state index contributed by atoms with van der Waals surface area (Å²) in [4.78, 5) is 8.79. The fourth-order valence-corrected chi connectivity index (χ4v) is 1.52. The summed E-state index contributed by atoms with van der Waals surface area (Å²) in [6.07, 6.45) is 0.715. The number of anilines is 1. The van der Waals surface area contributed by atoms with Crippen molar-refractivity contribution in [2.75, 3.05) is 18.5 Å². The van der Waals surface area contributed by atoms with E-state index in [1.165, 1.54) is 0 Å². The topological polar surface area (TPSA) is 58.0 Å². The lowest BCUT2D eigenvalue weighted by atomic mass is 9.96. The van der Waals surface area contributed by atoms with Gasteiger partial charge in [0.25, 0.3) is 0 Å². The van der Waals surface area contributed by atoms with Gasteiger partial charge in [0.1, 0.15) is 16.2 Å². The Hall–Kier alpha value is -0.680. The second-order valence-electron chi connectivity index (χ2n) is 4.65. The van der Waals surface area contributed by atoms with E-state index < -0.39 is 0 Å². The molecule has 0 unspecified atom stereocenters. The second kappa shape index (κ2) is 5.59. The van der Waals surface area contributed by atoms with Gasteiger partial charge in [0.05, 0.1) is 0 Å². The summed E-state index contributed by atoms with van der Waals surface area (Å²) in [6.45, 7) is 7.12. The normalized spacial score (nSPS) is 11.6. The van der Waals surface area contributed by atoms with Gasteiger partial charge in [-0.15, -0.1) is 0 Å². The SMILES string of the molecule is CC(C)(C)c1nc(Br)cc(NCCCO)n1. The number of nitrogens with zero attached hydrogens (tertiary/aromatic N) is 2. The molecular formula is C11H18BrN3O. The number of aliphatic hydroxyl groups excluding tert-OH is 1. The Morgan fingerprint density at radius 3 is 2.62 bits per heavy atom. The zero-order chi connectivity index (χ0) is 12.2. The van der Waals surface area contributed by atoms with E-state index in [0.29, 0.717) is 13.0 Å². The summed E-state index contributed by atoms with van der Waals surface area (Å²) in [5.41, 5.74) is -0.0722. The fraction of sp³-hybridized carbons (Fsp3) is 0.636. The molecule has 1 heterocycles. The molecule has 2 N–H and O–H groups in total. The number of nitrogens with one attached hydrogen (secondary N) is 1. The van der Waals surface area contributed by atoms with Gasteiger partial charge in [0.15, 0.2) is 0 Å². The van der Waals surface area contributed by atoms with E-state index in [0.717, 1.165) is 16.2 Å². The lowest BCUT2D eigenvalue weighted by Gasteiger charge is -2.17. The maximum atomic E-state index is 8.70. The molecule has 0 aliphatic rings. The van der Waals surface area contributed by atoms with Gasteiger partial charge in [0, 0.05) is 24.6 Å². The van der Waals surface area contributed by atoms with Crippen LogP contribution >= 0.6 is 15.9 Å². The second-order valence-corrected chi connectivity index (χ2v) is 5.47. The third-order valence-electron chi connectivity index (χ3n) is 2.01. The number of aliphatic hydroxyl groups is 1. The van der Waals surface area contributed by atoms with Gasteiger partial charge >= 0.3 is 0 Å². The van der Waals surface area contributed by atoms with Crippen LogP contribution in [0.1, 0.15) is 33.0 Å². The molecule has 0 aliphatic heterocycles. The molecule has 0 radical (unpaired) electrons. The number of hydrogen-bond donors (Lipinski definition) is 2. The first-order valence-corrected chi connectivity index (χ1v) is 6.12. The third-order valence-corrected chi connectivity index (χ3v) is 2.41. The van der Waals surface area contributed by atoms with Gasteiger partial charge in [0.2, 0.25) is 0 Å². The van der Waals surface area contributed by atoms with E-state index in [1.54, 1.807) is 0 Å². The highest BCUT2D eigenvalue weighted by molar-refractivity contribution is 9.10. The molecule has 0 fully saturated rings. The summed E-state index contributed by atoms with van der Waals surface area (Å²) in [5.74, 6) is 1.59. The van der Waals surface area contributed by atoms with Gasteiger partial charge < -0.3 is 10.4 Å². The van der Waals surface area contributed by atoms with Crippen LogP contribution in [0.3, 0.4) is 0 Å². The third kappa shape index (κ3) is 4.06. The Labute approximate surface area is 105 Å². The summed E-state index contributed by atoms with van der Waals surface area (Å²) in [7, 11) is 0. The maximum absolute atomic E-state index is 8.70. The van der Waals surface area contributed by atoms with Crippen LogP contribution in [0.25, 0.3) is 0 Å². The lowest BCUT2D eigenvalue weighted by molar-refractivity contribution is 0.292.